The number of nitrogens with zero attached hydrogens (tertiary/aromatic N) is 2. The normalized spacial score (nSPS) is 17.3. The number of methoxy groups -OCH3 is 1. The Labute approximate surface area is 148 Å². The number of amides is 2. The number of aromatic nitrogens is 1. The van der Waals surface area contributed by atoms with Crippen LogP contribution in [0, 0.1) is 0 Å². The van der Waals surface area contributed by atoms with Crippen molar-refractivity contribution in [1.29, 1.82) is 0 Å². The molecule has 1 aromatic rings. The molecule has 7 nitrogen and oxygen atoms in total. The minimum absolute atomic E-state index is 0.0365. The van der Waals surface area contributed by atoms with Gasteiger partial charge in [0.05, 0.1) is 13.3 Å². The first-order valence-corrected chi connectivity index (χ1v) is 8.52. The first-order chi connectivity index (χ1) is 11.8. The van der Waals surface area contributed by atoms with Gasteiger partial charge in [-0.3, -0.25) is 9.78 Å². The molecule has 1 unspecified atom stereocenters. The molecule has 1 N–H and O–H groups in total. The average molecular weight is 349 g/mol. The summed E-state index contributed by atoms with van der Waals surface area (Å²) in [5.41, 5.74) is 0.544. The molecule has 138 valence electrons. The summed E-state index contributed by atoms with van der Waals surface area (Å²) < 4.78 is 10.4. The van der Waals surface area contributed by atoms with Gasteiger partial charge in [0.25, 0.3) is 0 Å². The zero-order chi connectivity index (χ0) is 18.4. The van der Waals surface area contributed by atoms with Crippen LogP contribution < -0.4 is 10.1 Å². The maximum Gasteiger partial charge on any atom is 0.407 e. The number of hydrogen-bond acceptors (Lipinski definition) is 5. The van der Waals surface area contributed by atoms with E-state index >= 15 is 0 Å². The summed E-state index contributed by atoms with van der Waals surface area (Å²) in [6.07, 6.45) is 4.17. The summed E-state index contributed by atoms with van der Waals surface area (Å²) in [4.78, 5) is 29.9. The van der Waals surface area contributed by atoms with Gasteiger partial charge in [0.1, 0.15) is 11.4 Å². The van der Waals surface area contributed by atoms with E-state index in [2.05, 4.69) is 10.3 Å². The fraction of sp³-hybridized carbons (Fsp3) is 0.611. The van der Waals surface area contributed by atoms with E-state index in [1.54, 1.807) is 34.1 Å². The molecule has 1 aliphatic rings. The predicted molar refractivity (Wildman–Crippen MR) is 93.6 cm³/mol. The van der Waals surface area contributed by atoms with Crippen LogP contribution in [0.15, 0.2) is 18.5 Å². The van der Waals surface area contributed by atoms with Crippen molar-refractivity contribution in [3.8, 4) is 5.75 Å². The lowest BCUT2D eigenvalue weighted by Crippen LogP contribution is -2.36. The zero-order valence-electron chi connectivity index (χ0n) is 15.4. The number of ether oxygens (including phenoxy) is 2. The van der Waals surface area contributed by atoms with Crippen LogP contribution in [0.3, 0.4) is 0 Å². The first-order valence-electron chi connectivity index (χ1n) is 8.52. The van der Waals surface area contributed by atoms with Gasteiger partial charge in [0.2, 0.25) is 5.91 Å². The molecule has 1 aromatic heterocycles. The summed E-state index contributed by atoms with van der Waals surface area (Å²) in [7, 11) is 1.61. The van der Waals surface area contributed by atoms with Crippen molar-refractivity contribution in [2.24, 2.45) is 0 Å². The number of pyridine rings is 1. The lowest BCUT2D eigenvalue weighted by molar-refractivity contribution is -0.130. The van der Waals surface area contributed by atoms with Crippen molar-refractivity contribution in [3.05, 3.63) is 24.0 Å². The molecule has 2 amide bonds. The summed E-state index contributed by atoms with van der Waals surface area (Å²) in [6, 6.07) is 1.97. The molecule has 0 aliphatic carbocycles. The molecule has 0 bridgehead atoms. The average Bonchev–Trinajstić information content (AvgIpc) is 3.03. The molecule has 1 atom stereocenters. The fourth-order valence-corrected chi connectivity index (χ4v) is 2.77. The summed E-state index contributed by atoms with van der Waals surface area (Å²) >= 11 is 0. The quantitative estimate of drug-likeness (QED) is 0.882. The molecule has 2 rings (SSSR count). The third-order valence-corrected chi connectivity index (χ3v) is 3.99. The molecule has 0 aromatic carbocycles. The predicted octanol–water partition coefficient (Wildman–Crippen LogP) is 2.32. The van der Waals surface area contributed by atoms with Crippen LogP contribution in [0.25, 0.3) is 0 Å². The highest BCUT2D eigenvalue weighted by atomic mass is 16.6. The standard InChI is InChI=1S/C18H27N3O4/c1-18(2,3)25-17(23)20-7-5-16(22)21-8-6-13(12-21)14-9-15(24-4)11-19-10-14/h9-11,13H,5-8,12H2,1-4H3,(H,20,23). The lowest BCUT2D eigenvalue weighted by atomic mass is 10.0. The largest absolute Gasteiger partial charge is 0.495 e. The number of alkyl carbamates (subject to hydrolysis) is 1. The third-order valence-electron chi connectivity index (χ3n) is 3.99. The maximum atomic E-state index is 12.3. The van der Waals surface area contributed by atoms with Crippen molar-refractivity contribution in [1.82, 2.24) is 15.2 Å². The van der Waals surface area contributed by atoms with Crippen molar-refractivity contribution in [2.45, 2.75) is 45.1 Å². The van der Waals surface area contributed by atoms with E-state index in [9.17, 15) is 9.59 Å². The van der Waals surface area contributed by atoms with Gasteiger partial charge in [0, 0.05) is 38.2 Å². The number of hydrogen-bond donors (Lipinski definition) is 1. The van der Waals surface area contributed by atoms with Crippen molar-refractivity contribution in [3.63, 3.8) is 0 Å². The second-order valence-corrected chi connectivity index (χ2v) is 7.16. The van der Waals surface area contributed by atoms with Gasteiger partial charge >= 0.3 is 6.09 Å². The molecule has 0 radical (unpaired) electrons. The lowest BCUT2D eigenvalue weighted by Gasteiger charge is -2.20. The summed E-state index contributed by atoms with van der Waals surface area (Å²) in [5, 5.41) is 2.62. The molecule has 25 heavy (non-hydrogen) atoms. The van der Waals surface area contributed by atoms with Crippen LogP contribution in [0.5, 0.6) is 5.75 Å². The van der Waals surface area contributed by atoms with Gasteiger partial charge in [-0.05, 0) is 38.8 Å². The first kappa shape index (κ1) is 19.0. The summed E-state index contributed by atoms with van der Waals surface area (Å²) in [5.74, 6) is 1.03. The Balaban J connectivity index is 1.77. The smallest absolute Gasteiger partial charge is 0.407 e. The molecule has 2 heterocycles. The molecule has 1 fully saturated rings. The minimum Gasteiger partial charge on any atom is -0.495 e. The van der Waals surface area contributed by atoms with Crippen LogP contribution in [-0.2, 0) is 9.53 Å². The Hall–Kier alpha value is -2.31. The highest BCUT2D eigenvalue weighted by Crippen LogP contribution is 2.28. The minimum atomic E-state index is -0.541. The van der Waals surface area contributed by atoms with Gasteiger partial charge < -0.3 is 19.7 Å². The molecule has 1 saturated heterocycles. The number of carbonyl (C=O) groups excluding carboxylic acids is 2. The van der Waals surface area contributed by atoms with E-state index < -0.39 is 11.7 Å². The maximum absolute atomic E-state index is 12.3. The Morgan fingerprint density at radius 2 is 2.12 bits per heavy atom. The summed E-state index contributed by atoms with van der Waals surface area (Å²) in [6.45, 7) is 7.06. The number of carbonyl (C=O) groups is 2. The molecule has 0 saturated carbocycles. The number of nitrogens with one attached hydrogen (secondary N) is 1. The van der Waals surface area contributed by atoms with Crippen molar-refractivity contribution in [2.75, 3.05) is 26.7 Å². The van der Waals surface area contributed by atoms with Crippen molar-refractivity contribution >= 4 is 12.0 Å². The van der Waals surface area contributed by atoms with Crippen LogP contribution in [0.1, 0.15) is 45.1 Å². The monoisotopic (exact) mass is 349 g/mol. The van der Waals surface area contributed by atoms with Crippen molar-refractivity contribution < 1.29 is 19.1 Å². The van der Waals surface area contributed by atoms with Crippen LogP contribution in [0.2, 0.25) is 0 Å². The van der Waals surface area contributed by atoms with E-state index in [0.29, 0.717) is 13.1 Å². The molecule has 7 heteroatoms. The van der Waals surface area contributed by atoms with Gasteiger partial charge in [0.15, 0.2) is 0 Å². The van der Waals surface area contributed by atoms with E-state index in [0.717, 1.165) is 17.7 Å². The van der Waals surface area contributed by atoms with Gasteiger partial charge in [-0.25, -0.2) is 4.79 Å². The van der Waals surface area contributed by atoms with Gasteiger partial charge in [-0.15, -0.1) is 0 Å². The number of rotatable bonds is 5. The van der Waals surface area contributed by atoms with Crippen LogP contribution >= 0.6 is 0 Å². The van der Waals surface area contributed by atoms with Crippen LogP contribution in [0.4, 0.5) is 4.79 Å². The van der Waals surface area contributed by atoms with E-state index in [4.69, 9.17) is 9.47 Å². The highest BCUT2D eigenvalue weighted by Gasteiger charge is 2.27. The Morgan fingerprint density at radius 1 is 1.36 bits per heavy atom. The van der Waals surface area contributed by atoms with Gasteiger partial charge in [-0.2, -0.15) is 0 Å². The Morgan fingerprint density at radius 3 is 2.80 bits per heavy atom. The second-order valence-electron chi connectivity index (χ2n) is 7.16. The molecule has 1 aliphatic heterocycles. The zero-order valence-corrected chi connectivity index (χ0v) is 15.4. The second kappa shape index (κ2) is 8.18. The van der Waals surface area contributed by atoms with Gasteiger partial charge in [-0.1, -0.05) is 0 Å². The van der Waals surface area contributed by atoms with E-state index in [1.807, 2.05) is 17.2 Å². The Bertz CT molecular complexity index is 613. The molecule has 0 spiro atoms. The van der Waals surface area contributed by atoms with E-state index in [-0.39, 0.29) is 24.8 Å². The topological polar surface area (TPSA) is 80.8 Å². The molecular formula is C18H27N3O4. The van der Waals surface area contributed by atoms with Crippen LogP contribution in [-0.4, -0.2) is 54.2 Å². The number of likely N-dealkylation sites (tertiary alicyclic amines) is 1. The third kappa shape index (κ3) is 5.92. The SMILES string of the molecule is COc1cncc(C2CCN(C(=O)CCNC(=O)OC(C)(C)C)C2)c1. The fourth-order valence-electron chi connectivity index (χ4n) is 2.77. The highest BCUT2D eigenvalue weighted by molar-refractivity contribution is 5.77. The Kier molecular flexibility index (Phi) is 6.22. The van der Waals surface area contributed by atoms with E-state index in [1.165, 1.54) is 0 Å². The molecular weight excluding hydrogens is 322 g/mol.